The second kappa shape index (κ2) is 5.49. The highest BCUT2D eigenvalue weighted by atomic mass is 16.3. The summed E-state index contributed by atoms with van der Waals surface area (Å²) in [5.74, 6) is 1.27. The SMILES string of the molecule is C=C[C@@H]1CN2CCC1C[C@@H]2[C@@H](O)c1ccnc2ccccc12. The Morgan fingerprint density at radius 1 is 1.32 bits per heavy atom. The van der Waals surface area contributed by atoms with Gasteiger partial charge >= 0.3 is 0 Å². The second-order valence-corrected chi connectivity index (χ2v) is 6.61. The number of para-hydroxylation sites is 1. The van der Waals surface area contributed by atoms with Gasteiger partial charge in [0.15, 0.2) is 0 Å². The molecule has 0 spiro atoms. The van der Waals surface area contributed by atoms with Gasteiger partial charge in [-0.05, 0) is 48.9 Å². The molecule has 5 atom stereocenters. The van der Waals surface area contributed by atoms with Crippen molar-refractivity contribution in [3.8, 4) is 0 Å². The molecule has 0 aliphatic carbocycles. The maximum Gasteiger partial charge on any atom is 0.0952 e. The third-order valence-electron chi connectivity index (χ3n) is 5.52. The summed E-state index contributed by atoms with van der Waals surface area (Å²) < 4.78 is 0. The molecule has 1 aromatic carbocycles. The van der Waals surface area contributed by atoms with Crippen molar-refractivity contribution < 1.29 is 5.11 Å². The zero-order chi connectivity index (χ0) is 15.1. The van der Waals surface area contributed by atoms with Crippen LogP contribution in [0.1, 0.15) is 24.5 Å². The van der Waals surface area contributed by atoms with Gasteiger partial charge in [-0.1, -0.05) is 24.3 Å². The number of nitrogens with zero attached hydrogens (tertiary/aromatic N) is 2. The van der Waals surface area contributed by atoms with Crippen molar-refractivity contribution in [2.75, 3.05) is 13.1 Å². The Morgan fingerprint density at radius 3 is 2.95 bits per heavy atom. The van der Waals surface area contributed by atoms with E-state index in [9.17, 15) is 5.11 Å². The summed E-state index contributed by atoms with van der Waals surface area (Å²) in [6.45, 7) is 6.11. The third kappa shape index (κ3) is 2.16. The number of rotatable bonds is 3. The number of aliphatic hydroxyl groups excluding tert-OH is 1. The number of hydrogen-bond donors (Lipinski definition) is 1. The van der Waals surface area contributed by atoms with Crippen LogP contribution in [0.2, 0.25) is 0 Å². The first-order valence-electron chi connectivity index (χ1n) is 8.16. The molecule has 3 aliphatic heterocycles. The molecular formula is C19H22N2O. The normalized spacial score (nSPS) is 32.0. The largest absolute Gasteiger partial charge is 0.387 e. The lowest BCUT2D eigenvalue weighted by Crippen LogP contribution is -2.54. The Morgan fingerprint density at radius 2 is 2.18 bits per heavy atom. The Labute approximate surface area is 131 Å². The fourth-order valence-corrected chi connectivity index (χ4v) is 4.29. The number of pyridine rings is 1. The molecule has 0 radical (unpaired) electrons. The molecule has 2 aromatic rings. The standard InChI is InChI=1S/C19H22N2O/c1-2-13-12-21-10-8-14(13)11-18(21)19(22)16-7-9-20-17-6-4-3-5-15(16)17/h2-7,9,13-14,18-19,22H,1,8,10-12H2/t13-,14?,18-,19+/m1/s1. The van der Waals surface area contributed by atoms with Gasteiger partial charge in [0.1, 0.15) is 0 Å². The number of hydrogen-bond acceptors (Lipinski definition) is 3. The molecule has 4 heterocycles. The van der Waals surface area contributed by atoms with E-state index in [0.717, 1.165) is 36.0 Å². The molecule has 1 N–H and O–H groups in total. The first-order chi connectivity index (χ1) is 10.8. The zero-order valence-corrected chi connectivity index (χ0v) is 12.7. The van der Waals surface area contributed by atoms with Crippen LogP contribution in [0, 0.1) is 11.8 Å². The summed E-state index contributed by atoms with van der Waals surface area (Å²) in [4.78, 5) is 6.86. The molecule has 3 aliphatic rings. The van der Waals surface area contributed by atoms with Gasteiger partial charge in [0.05, 0.1) is 11.6 Å². The van der Waals surface area contributed by atoms with E-state index >= 15 is 0 Å². The Bertz CT molecular complexity index is 693. The van der Waals surface area contributed by atoms with Crippen LogP contribution in [0.4, 0.5) is 0 Å². The van der Waals surface area contributed by atoms with Crippen molar-refractivity contribution in [2.24, 2.45) is 11.8 Å². The molecule has 3 nitrogen and oxygen atoms in total. The van der Waals surface area contributed by atoms with Crippen molar-refractivity contribution in [1.29, 1.82) is 0 Å². The van der Waals surface area contributed by atoms with Crippen LogP contribution >= 0.6 is 0 Å². The van der Waals surface area contributed by atoms with Crippen LogP contribution in [-0.2, 0) is 0 Å². The second-order valence-electron chi connectivity index (χ2n) is 6.61. The van der Waals surface area contributed by atoms with Gasteiger partial charge in [-0.3, -0.25) is 9.88 Å². The summed E-state index contributed by atoms with van der Waals surface area (Å²) in [7, 11) is 0. The molecule has 2 unspecified atom stereocenters. The van der Waals surface area contributed by atoms with Gasteiger partial charge < -0.3 is 5.11 Å². The van der Waals surface area contributed by atoms with Crippen molar-refractivity contribution in [3.05, 3.63) is 54.7 Å². The smallest absolute Gasteiger partial charge is 0.0952 e. The maximum atomic E-state index is 11.0. The van der Waals surface area contributed by atoms with Gasteiger partial charge in [0, 0.05) is 24.2 Å². The molecule has 3 heteroatoms. The van der Waals surface area contributed by atoms with Gasteiger partial charge in [0.25, 0.3) is 0 Å². The van der Waals surface area contributed by atoms with E-state index in [-0.39, 0.29) is 6.04 Å². The number of aliphatic hydroxyl groups is 1. The minimum atomic E-state index is -0.443. The molecular weight excluding hydrogens is 272 g/mol. The topological polar surface area (TPSA) is 36.4 Å². The van der Waals surface area contributed by atoms with E-state index in [0.29, 0.717) is 11.8 Å². The van der Waals surface area contributed by atoms with E-state index in [1.54, 1.807) is 0 Å². The minimum Gasteiger partial charge on any atom is -0.387 e. The van der Waals surface area contributed by atoms with Crippen LogP contribution in [0.3, 0.4) is 0 Å². The fourth-order valence-electron chi connectivity index (χ4n) is 4.29. The van der Waals surface area contributed by atoms with E-state index in [4.69, 9.17) is 0 Å². The van der Waals surface area contributed by atoms with E-state index in [1.165, 1.54) is 6.42 Å². The van der Waals surface area contributed by atoms with Crippen LogP contribution < -0.4 is 0 Å². The summed E-state index contributed by atoms with van der Waals surface area (Å²) in [5, 5.41) is 12.1. The predicted octanol–water partition coefficient (Wildman–Crippen LogP) is 3.16. The van der Waals surface area contributed by atoms with Crippen LogP contribution in [0.25, 0.3) is 10.9 Å². The zero-order valence-electron chi connectivity index (χ0n) is 12.7. The number of aromatic nitrogens is 1. The first-order valence-corrected chi connectivity index (χ1v) is 8.16. The number of fused-ring (bicyclic) bond motifs is 4. The summed E-state index contributed by atoms with van der Waals surface area (Å²) in [5.41, 5.74) is 1.97. The number of benzene rings is 1. The first kappa shape index (κ1) is 13.9. The number of piperidine rings is 3. The molecule has 2 bridgehead atoms. The Hall–Kier alpha value is -1.71. The highest BCUT2D eigenvalue weighted by Crippen LogP contribution is 2.41. The lowest BCUT2D eigenvalue weighted by molar-refractivity contribution is -0.0444. The van der Waals surface area contributed by atoms with Gasteiger partial charge in [0.2, 0.25) is 0 Å². The van der Waals surface area contributed by atoms with E-state index < -0.39 is 6.10 Å². The average molecular weight is 294 g/mol. The lowest BCUT2D eigenvalue weighted by atomic mass is 9.73. The van der Waals surface area contributed by atoms with Gasteiger partial charge in [-0.25, -0.2) is 0 Å². The van der Waals surface area contributed by atoms with E-state index in [1.807, 2.05) is 30.5 Å². The van der Waals surface area contributed by atoms with Crippen LogP contribution in [-0.4, -0.2) is 34.1 Å². The van der Waals surface area contributed by atoms with Crippen molar-refractivity contribution >= 4 is 10.9 Å². The summed E-state index contributed by atoms with van der Waals surface area (Å²) in [6, 6.07) is 10.3. The highest BCUT2D eigenvalue weighted by Gasteiger charge is 2.42. The van der Waals surface area contributed by atoms with Crippen molar-refractivity contribution in [2.45, 2.75) is 25.0 Å². The summed E-state index contributed by atoms with van der Waals surface area (Å²) >= 11 is 0. The fraction of sp³-hybridized carbons (Fsp3) is 0.421. The molecule has 1 aromatic heterocycles. The van der Waals surface area contributed by atoms with E-state index in [2.05, 4.69) is 28.6 Å². The average Bonchev–Trinajstić information content (AvgIpc) is 2.60. The molecule has 3 fully saturated rings. The minimum absolute atomic E-state index is 0.223. The molecule has 0 saturated carbocycles. The van der Waals surface area contributed by atoms with Crippen LogP contribution in [0.5, 0.6) is 0 Å². The van der Waals surface area contributed by atoms with Crippen LogP contribution in [0.15, 0.2) is 49.2 Å². The predicted molar refractivity (Wildman–Crippen MR) is 88.5 cm³/mol. The van der Waals surface area contributed by atoms with Crippen molar-refractivity contribution in [3.63, 3.8) is 0 Å². The van der Waals surface area contributed by atoms with Crippen molar-refractivity contribution in [1.82, 2.24) is 9.88 Å². The quantitative estimate of drug-likeness (QED) is 0.883. The molecule has 22 heavy (non-hydrogen) atoms. The Balaban J connectivity index is 1.67. The van der Waals surface area contributed by atoms with Gasteiger partial charge in [-0.15, -0.1) is 6.58 Å². The maximum absolute atomic E-state index is 11.0. The molecule has 114 valence electrons. The summed E-state index contributed by atoms with van der Waals surface area (Å²) in [6.07, 6.45) is 5.76. The lowest BCUT2D eigenvalue weighted by Gasteiger charge is -2.50. The molecule has 3 saturated heterocycles. The van der Waals surface area contributed by atoms with Gasteiger partial charge in [-0.2, -0.15) is 0 Å². The highest BCUT2D eigenvalue weighted by molar-refractivity contribution is 5.82. The molecule has 0 amide bonds. The monoisotopic (exact) mass is 294 g/mol. The Kier molecular flexibility index (Phi) is 3.47. The third-order valence-corrected chi connectivity index (χ3v) is 5.52. The molecule has 5 rings (SSSR count).